The zero-order valence-electron chi connectivity index (χ0n) is 10.5. The molecule has 0 unspecified atom stereocenters. The van der Waals surface area contributed by atoms with E-state index in [1.54, 1.807) is 11.8 Å². The molecule has 18 heavy (non-hydrogen) atoms. The number of hydrogen-bond acceptors (Lipinski definition) is 3. The Balaban J connectivity index is 1.97. The van der Waals surface area contributed by atoms with E-state index < -0.39 is 11.9 Å². The number of carbonyl (C=O) groups excluding carboxylic acids is 2. The Morgan fingerprint density at radius 2 is 2.11 bits per heavy atom. The zero-order valence-corrected chi connectivity index (χ0v) is 10.5. The summed E-state index contributed by atoms with van der Waals surface area (Å²) in [4.78, 5) is 25.4. The van der Waals surface area contributed by atoms with Crippen LogP contribution >= 0.6 is 0 Å². The molecule has 0 aromatic heterocycles. The maximum atomic E-state index is 12.1. The summed E-state index contributed by atoms with van der Waals surface area (Å²) in [6, 6.07) is 9.78. The summed E-state index contributed by atoms with van der Waals surface area (Å²) < 4.78 is 4.91. The Bertz CT molecular complexity index is 430. The van der Waals surface area contributed by atoms with Crippen LogP contribution in [0.3, 0.4) is 0 Å². The summed E-state index contributed by atoms with van der Waals surface area (Å²) in [6.45, 7) is 3.26. The molecule has 4 heteroatoms. The second kappa shape index (κ2) is 5.67. The smallest absolute Gasteiger partial charge is 0.318 e. The van der Waals surface area contributed by atoms with E-state index in [9.17, 15) is 9.59 Å². The van der Waals surface area contributed by atoms with Crippen LogP contribution in [0.1, 0.15) is 18.9 Å². The Morgan fingerprint density at radius 3 is 2.78 bits per heavy atom. The van der Waals surface area contributed by atoms with Gasteiger partial charge in [0, 0.05) is 13.1 Å². The van der Waals surface area contributed by atoms with E-state index in [4.69, 9.17) is 4.74 Å². The number of likely N-dealkylation sites (tertiary alicyclic amines) is 1. The lowest BCUT2D eigenvalue weighted by molar-refractivity contribution is -0.152. The van der Waals surface area contributed by atoms with Crippen LogP contribution in [-0.4, -0.2) is 29.9 Å². The number of esters is 1. The molecule has 1 saturated heterocycles. The lowest BCUT2D eigenvalue weighted by atomic mass is 10.1. The van der Waals surface area contributed by atoms with Crippen molar-refractivity contribution in [3.05, 3.63) is 35.9 Å². The average Bonchev–Trinajstić information content (AvgIpc) is 2.73. The van der Waals surface area contributed by atoms with Gasteiger partial charge in [-0.15, -0.1) is 0 Å². The zero-order chi connectivity index (χ0) is 13.0. The van der Waals surface area contributed by atoms with E-state index in [2.05, 4.69) is 0 Å². The number of nitrogens with zero attached hydrogens (tertiary/aromatic N) is 1. The van der Waals surface area contributed by atoms with Crippen LogP contribution in [0.5, 0.6) is 0 Å². The molecule has 0 bridgehead atoms. The van der Waals surface area contributed by atoms with Crippen LogP contribution in [0.4, 0.5) is 0 Å². The van der Waals surface area contributed by atoms with Gasteiger partial charge in [-0.25, -0.2) is 0 Å². The maximum absolute atomic E-state index is 12.1. The van der Waals surface area contributed by atoms with Crippen LogP contribution < -0.4 is 0 Å². The Hall–Kier alpha value is -1.84. The fourth-order valence-corrected chi connectivity index (χ4v) is 2.16. The van der Waals surface area contributed by atoms with Gasteiger partial charge in [0.2, 0.25) is 5.91 Å². The van der Waals surface area contributed by atoms with Gasteiger partial charge in [0.1, 0.15) is 5.92 Å². The standard InChI is InChI=1S/C14H17NO3/c1-2-18-14(17)12-8-9-15(13(12)16)10-11-6-4-3-5-7-11/h3-7,12H,2,8-10H2,1H3/t12-/m0/s1. The number of rotatable bonds is 4. The van der Waals surface area contributed by atoms with Crippen LogP contribution in [0.2, 0.25) is 0 Å². The van der Waals surface area contributed by atoms with Gasteiger partial charge in [0.15, 0.2) is 0 Å². The minimum Gasteiger partial charge on any atom is -0.465 e. The SMILES string of the molecule is CCOC(=O)[C@H]1CCN(Cc2ccccc2)C1=O. The predicted octanol–water partition coefficient (Wildman–Crippen LogP) is 1.60. The number of amides is 1. The van der Waals surface area contributed by atoms with Crippen molar-refractivity contribution in [1.29, 1.82) is 0 Å². The number of benzene rings is 1. The molecule has 0 aliphatic carbocycles. The Labute approximate surface area is 107 Å². The molecule has 1 amide bonds. The van der Waals surface area contributed by atoms with E-state index in [0.717, 1.165) is 5.56 Å². The molecular formula is C14H17NO3. The molecule has 1 aliphatic rings. The summed E-state index contributed by atoms with van der Waals surface area (Å²) in [5.74, 6) is -1.11. The van der Waals surface area contributed by atoms with E-state index in [-0.39, 0.29) is 5.91 Å². The third kappa shape index (κ3) is 2.70. The molecule has 1 fully saturated rings. The number of hydrogen-bond donors (Lipinski definition) is 0. The molecule has 96 valence electrons. The fraction of sp³-hybridized carbons (Fsp3) is 0.429. The number of ether oxygens (including phenoxy) is 1. The summed E-state index contributed by atoms with van der Waals surface area (Å²) >= 11 is 0. The topological polar surface area (TPSA) is 46.6 Å². The minimum absolute atomic E-state index is 0.114. The monoisotopic (exact) mass is 247 g/mol. The first-order chi connectivity index (χ1) is 8.72. The van der Waals surface area contributed by atoms with Crippen molar-refractivity contribution in [2.75, 3.05) is 13.2 Å². The van der Waals surface area contributed by atoms with Gasteiger partial charge in [-0.1, -0.05) is 30.3 Å². The number of carbonyl (C=O) groups is 2. The normalized spacial score (nSPS) is 19.1. The van der Waals surface area contributed by atoms with Crippen molar-refractivity contribution in [2.45, 2.75) is 19.9 Å². The molecule has 1 aromatic rings. The Kier molecular flexibility index (Phi) is 3.97. The van der Waals surface area contributed by atoms with E-state index >= 15 is 0 Å². The van der Waals surface area contributed by atoms with Crippen molar-refractivity contribution >= 4 is 11.9 Å². The first-order valence-corrected chi connectivity index (χ1v) is 6.21. The van der Waals surface area contributed by atoms with Gasteiger partial charge in [0.25, 0.3) is 0 Å². The summed E-state index contributed by atoms with van der Waals surface area (Å²) in [5, 5.41) is 0. The van der Waals surface area contributed by atoms with Crippen LogP contribution in [-0.2, 0) is 20.9 Å². The quantitative estimate of drug-likeness (QED) is 0.599. The van der Waals surface area contributed by atoms with E-state index in [0.29, 0.717) is 26.1 Å². The van der Waals surface area contributed by atoms with E-state index in [1.807, 2.05) is 30.3 Å². The highest BCUT2D eigenvalue weighted by atomic mass is 16.5. The molecular weight excluding hydrogens is 230 g/mol. The average molecular weight is 247 g/mol. The maximum Gasteiger partial charge on any atom is 0.318 e. The second-order valence-corrected chi connectivity index (χ2v) is 4.34. The molecule has 0 saturated carbocycles. The molecule has 1 aromatic carbocycles. The van der Waals surface area contributed by atoms with Crippen molar-refractivity contribution < 1.29 is 14.3 Å². The largest absolute Gasteiger partial charge is 0.465 e. The molecule has 0 radical (unpaired) electrons. The van der Waals surface area contributed by atoms with Gasteiger partial charge < -0.3 is 9.64 Å². The fourth-order valence-electron chi connectivity index (χ4n) is 2.16. The second-order valence-electron chi connectivity index (χ2n) is 4.34. The predicted molar refractivity (Wildman–Crippen MR) is 66.6 cm³/mol. The van der Waals surface area contributed by atoms with Gasteiger partial charge in [-0.2, -0.15) is 0 Å². The van der Waals surface area contributed by atoms with Crippen molar-refractivity contribution in [3.63, 3.8) is 0 Å². The highest BCUT2D eigenvalue weighted by Crippen LogP contribution is 2.21. The van der Waals surface area contributed by atoms with Crippen LogP contribution in [0.25, 0.3) is 0 Å². The molecule has 1 heterocycles. The van der Waals surface area contributed by atoms with Gasteiger partial charge >= 0.3 is 5.97 Å². The van der Waals surface area contributed by atoms with Crippen molar-refractivity contribution in [2.24, 2.45) is 5.92 Å². The lowest BCUT2D eigenvalue weighted by Crippen LogP contribution is -2.30. The minimum atomic E-state index is -0.603. The first-order valence-electron chi connectivity index (χ1n) is 6.21. The van der Waals surface area contributed by atoms with Crippen LogP contribution in [0, 0.1) is 5.92 Å². The third-order valence-electron chi connectivity index (χ3n) is 3.08. The van der Waals surface area contributed by atoms with Gasteiger partial charge in [-0.05, 0) is 18.9 Å². The molecule has 1 aliphatic heterocycles. The third-order valence-corrected chi connectivity index (χ3v) is 3.08. The highest BCUT2D eigenvalue weighted by Gasteiger charge is 2.37. The summed E-state index contributed by atoms with van der Waals surface area (Å²) in [5.41, 5.74) is 1.08. The molecule has 1 atom stereocenters. The van der Waals surface area contributed by atoms with Crippen LogP contribution in [0.15, 0.2) is 30.3 Å². The molecule has 0 spiro atoms. The van der Waals surface area contributed by atoms with Crippen molar-refractivity contribution in [3.8, 4) is 0 Å². The Morgan fingerprint density at radius 1 is 1.39 bits per heavy atom. The molecule has 4 nitrogen and oxygen atoms in total. The summed E-state index contributed by atoms with van der Waals surface area (Å²) in [7, 11) is 0. The highest BCUT2D eigenvalue weighted by molar-refractivity contribution is 5.99. The summed E-state index contributed by atoms with van der Waals surface area (Å²) in [6.07, 6.45) is 0.560. The molecule has 0 N–H and O–H groups in total. The molecule has 2 rings (SSSR count). The van der Waals surface area contributed by atoms with E-state index in [1.165, 1.54) is 0 Å². The van der Waals surface area contributed by atoms with Gasteiger partial charge in [-0.3, -0.25) is 9.59 Å². The first kappa shape index (κ1) is 12.6. The van der Waals surface area contributed by atoms with Crippen molar-refractivity contribution in [1.82, 2.24) is 4.90 Å². The lowest BCUT2D eigenvalue weighted by Gasteiger charge is -2.16. The van der Waals surface area contributed by atoms with Gasteiger partial charge in [0.05, 0.1) is 6.61 Å².